The van der Waals surface area contributed by atoms with Crippen LogP contribution in [0.3, 0.4) is 0 Å². The maximum absolute atomic E-state index is 13.3. The second kappa shape index (κ2) is 9.48. The highest BCUT2D eigenvalue weighted by Gasteiger charge is 2.20. The number of carbonyl (C=O) groups excluding carboxylic acids is 1. The zero-order chi connectivity index (χ0) is 22.8. The molecule has 1 N–H and O–H groups in total. The topological polar surface area (TPSA) is 68.9 Å². The van der Waals surface area contributed by atoms with Gasteiger partial charge in [0.05, 0.1) is 22.3 Å². The van der Waals surface area contributed by atoms with Crippen LogP contribution in [0, 0.1) is 0 Å². The summed E-state index contributed by atoms with van der Waals surface area (Å²) in [6.45, 7) is 0.967. The Morgan fingerprint density at radius 3 is 2.61 bits per heavy atom. The summed E-state index contributed by atoms with van der Waals surface area (Å²) in [5, 5.41) is 11.7. The highest BCUT2D eigenvalue weighted by molar-refractivity contribution is 7.16. The van der Waals surface area contributed by atoms with E-state index in [9.17, 15) is 9.59 Å². The molecule has 6 nitrogen and oxygen atoms in total. The summed E-state index contributed by atoms with van der Waals surface area (Å²) in [5.41, 5.74) is 0.453. The van der Waals surface area contributed by atoms with Gasteiger partial charge in [-0.1, -0.05) is 23.7 Å². The van der Waals surface area contributed by atoms with Crippen LogP contribution in [-0.2, 0) is 13.1 Å². The van der Waals surface area contributed by atoms with E-state index in [0.717, 1.165) is 9.75 Å². The number of aromatic nitrogens is 3. The number of thiophene rings is 3. The molecule has 0 spiro atoms. The maximum Gasteiger partial charge on any atom is 0.276 e. The van der Waals surface area contributed by atoms with Gasteiger partial charge in [-0.15, -0.1) is 34.0 Å². The SMILES string of the molecule is O=C(c1cc(NCc2ccc(Cl)s2)n(-c2cccn(Cc3cccs3)c2=O)n1)c1cccs1. The van der Waals surface area contributed by atoms with Crippen LogP contribution < -0.4 is 10.9 Å². The number of pyridine rings is 1. The van der Waals surface area contributed by atoms with E-state index >= 15 is 0 Å². The van der Waals surface area contributed by atoms with Crippen LogP contribution in [0.25, 0.3) is 5.69 Å². The van der Waals surface area contributed by atoms with Crippen LogP contribution in [-0.4, -0.2) is 20.1 Å². The van der Waals surface area contributed by atoms with Gasteiger partial charge in [0.1, 0.15) is 17.2 Å². The summed E-state index contributed by atoms with van der Waals surface area (Å²) in [5.74, 6) is 0.381. The quantitative estimate of drug-likeness (QED) is 0.268. The first-order valence-electron chi connectivity index (χ1n) is 9.97. The number of nitrogens with one attached hydrogen (secondary N) is 1. The Kier molecular flexibility index (Phi) is 6.28. The van der Waals surface area contributed by atoms with Crippen LogP contribution >= 0.6 is 45.6 Å². The Balaban J connectivity index is 1.53. The van der Waals surface area contributed by atoms with Crippen LogP contribution in [0.4, 0.5) is 5.82 Å². The molecule has 166 valence electrons. The van der Waals surface area contributed by atoms with Crippen molar-refractivity contribution >= 4 is 57.2 Å². The molecule has 0 amide bonds. The number of nitrogens with zero attached hydrogens (tertiary/aromatic N) is 3. The summed E-state index contributed by atoms with van der Waals surface area (Å²) >= 11 is 10.5. The number of anilines is 1. The van der Waals surface area contributed by atoms with E-state index in [-0.39, 0.29) is 17.0 Å². The fraction of sp³-hybridized carbons (Fsp3) is 0.0870. The summed E-state index contributed by atoms with van der Waals surface area (Å²) in [6.07, 6.45) is 1.76. The maximum atomic E-state index is 13.3. The van der Waals surface area contributed by atoms with Crippen molar-refractivity contribution in [1.82, 2.24) is 14.3 Å². The lowest BCUT2D eigenvalue weighted by Gasteiger charge is -2.11. The molecule has 0 atom stereocenters. The monoisotopic (exact) mass is 512 g/mol. The molecule has 0 fully saturated rings. The predicted molar refractivity (Wildman–Crippen MR) is 136 cm³/mol. The van der Waals surface area contributed by atoms with Crippen molar-refractivity contribution in [3.8, 4) is 5.69 Å². The van der Waals surface area contributed by atoms with Crippen molar-refractivity contribution in [2.75, 3.05) is 5.32 Å². The summed E-state index contributed by atoms with van der Waals surface area (Å²) in [4.78, 5) is 29.0. The fourth-order valence-corrected chi connectivity index (χ4v) is 5.74. The van der Waals surface area contributed by atoms with Crippen LogP contribution in [0.15, 0.2) is 76.3 Å². The highest BCUT2D eigenvalue weighted by atomic mass is 35.5. The molecular weight excluding hydrogens is 496 g/mol. The summed E-state index contributed by atoms with van der Waals surface area (Å²) in [6, 6.07) is 16.5. The third kappa shape index (κ3) is 4.72. The van der Waals surface area contributed by atoms with Gasteiger partial charge in [0.25, 0.3) is 5.56 Å². The molecule has 33 heavy (non-hydrogen) atoms. The summed E-state index contributed by atoms with van der Waals surface area (Å²) < 4.78 is 3.86. The van der Waals surface area contributed by atoms with Gasteiger partial charge in [0.15, 0.2) is 0 Å². The zero-order valence-corrected chi connectivity index (χ0v) is 20.3. The van der Waals surface area contributed by atoms with E-state index in [4.69, 9.17) is 11.6 Å². The Morgan fingerprint density at radius 2 is 1.88 bits per heavy atom. The third-order valence-electron chi connectivity index (χ3n) is 4.89. The molecule has 5 aromatic rings. The second-order valence-corrected chi connectivity index (χ2v) is 10.9. The Hall–Kier alpha value is -2.98. The molecule has 0 radical (unpaired) electrons. The van der Waals surface area contributed by atoms with Crippen molar-refractivity contribution < 1.29 is 4.79 Å². The molecule has 0 aliphatic rings. The molecule has 5 aromatic heterocycles. The third-order valence-corrected chi connectivity index (χ3v) is 7.86. The Bertz CT molecular complexity index is 1450. The van der Waals surface area contributed by atoms with Gasteiger partial charge in [-0.2, -0.15) is 5.10 Å². The lowest BCUT2D eigenvalue weighted by Crippen LogP contribution is -2.25. The van der Waals surface area contributed by atoms with Gasteiger partial charge >= 0.3 is 0 Å². The Labute approximate surface area is 206 Å². The number of carbonyl (C=O) groups is 1. The number of rotatable bonds is 8. The van der Waals surface area contributed by atoms with E-state index in [1.54, 1.807) is 40.3 Å². The van der Waals surface area contributed by atoms with Crippen molar-refractivity contribution in [3.63, 3.8) is 0 Å². The normalized spacial score (nSPS) is 11.1. The standard InChI is InChI=1S/C23H17ClN4O2S3/c24-20-8-7-15(33-20)13-25-21-12-17(22(29)19-6-3-11-32-19)26-28(21)18-5-1-9-27(23(18)30)14-16-4-2-10-31-16/h1-12,25H,13-14H2. The van der Waals surface area contributed by atoms with Crippen molar-refractivity contribution in [3.05, 3.63) is 107 Å². The predicted octanol–water partition coefficient (Wildman–Crippen LogP) is 5.76. The number of hydrogen-bond donors (Lipinski definition) is 1. The molecule has 0 aliphatic heterocycles. The second-order valence-electron chi connectivity index (χ2n) is 7.10. The van der Waals surface area contributed by atoms with E-state index in [1.807, 2.05) is 47.2 Å². The van der Waals surface area contributed by atoms with Gasteiger partial charge in [-0.25, -0.2) is 4.68 Å². The van der Waals surface area contributed by atoms with Crippen molar-refractivity contribution in [2.24, 2.45) is 0 Å². The average molecular weight is 513 g/mol. The largest absolute Gasteiger partial charge is 0.365 e. The molecule has 0 bridgehead atoms. The fourth-order valence-electron chi connectivity index (χ4n) is 3.34. The summed E-state index contributed by atoms with van der Waals surface area (Å²) in [7, 11) is 0. The molecular formula is C23H17ClN4O2S3. The minimum atomic E-state index is -0.189. The first-order chi connectivity index (χ1) is 16.1. The molecule has 0 unspecified atom stereocenters. The zero-order valence-electron chi connectivity index (χ0n) is 17.1. The number of hydrogen-bond acceptors (Lipinski definition) is 7. The first-order valence-corrected chi connectivity index (χ1v) is 12.9. The molecule has 0 saturated carbocycles. The van der Waals surface area contributed by atoms with Gasteiger partial charge in [0, 0.05) is 22.0 Å². The minimum Gasteiger partial charge on any atom is -0.365 e. The first kappa shape index (κ1) is 21.8. The van der Waals surface area contributed by atoms with Crippen molar-refractivity contribution in [1.29, 1.82) is 0 Å². The van der Waals surface area contributed by atoms with E-state index < -0.39 is 0 Å². The van der Waals surface area contributed by atoms with E-state index in [0.29, 0.717) is 33.8 Å². The number of halogens is 1. The molecule has 0 saturated heterocycles. The van der Waals surface area contributed by atoms with Gasteiger partial charge < -0.3 is 9.88 Å². The van der Waals surface area contributed by atoms with Crippen LogP contribution in [0.1, 0.15) is 25.1 Å². The lowest BCUT2D eigenvalue weighted by molar-refractivity contribution is 0.103. The van der Waals surface area contributed by atoms with Gasteiger partial charge in [-0.3, -0.25) is 9.59 Å². The lowest BCUT2D eigenvalue weighted by atomic mass is 10.2. The molecule has 5 heterocycles. The van der Waals surface area contributed by atoms with Crippen molar-refractivity contribution in [2.45, 2.75) is 13.1 Å². The number of ketones is 1. The average Bonchev–Trinajstić information content (AvgIpc) is 3.61. The van der Waals surface area contributed by atoms with Crippen LogP contribution in [0.2, 0.25) is 4.34 Å². The van der Waals surface area contributed by atoms with E-state index in [2.05, 4.69) is 10.4 Å². The molecule has 0 aromatic carbocycles. The minimum absolute atomic E-state index is 0.180. The van der Waals surface area contributed by atoms with E-state index in [1.165, 1.54) is 27.4 Å². The van der Waals surface area contributed by atoms with Gasteiger partial charge in [0.2, 0.25) is 5.78 Å². The molecule has 10 heteroatoms. The molecule has 5 rings (SSSR count). The Morgan fingerprint density at radius 1 is 1.03 bits per heavy atom. The van der Waals surface area contributed by atoms with Crippen LogP contribution in [0.5, 0.6) is 0 Å². The van der Waals surface area contributed by atoms with Gasteiger partial charge in [-0.05, 0) is 47.2 Å². The molecule has 0 aliphatic carbocycles. The smallest absolute Gasteiger partial charge is 0.276 e. The highest BCUT2D eigenvalue weighted by Crippen LogP contribution is 2.24.